The van der Waals surface area contributed by atoms with Gasteiger partial charge in [0.25, 0.3) is 0 Å². The predicted molar refractivity (Wildman–Crippen MR) is 81.9 cm³/mol. The van der Waals surface area contributed by atoms with Crippen LogP contribution < -0.4 is 5.32 Å². The molecule has 5 nitrogen and oxygen atoms in total. The van der Waals surface area contributed by atoms with Crippen LogP contribution in [0.1, 0.15) is 25.5 Å². The summed E-state index contributed by atoms with van der Waals surface area (Å²) in [4.78, 5) is 27.4. The van der Waals surface area contributed by atoms with Crippen molar-refractivity contribution in [1.29, 1.82) is 0 Å². The van der Waals surface area contributed by atoms with Crippen LogP contribution in [0.25, 0.3) is 0 Å². The number of rotatable bonds is 3. The van der Waals surface area contributed by atoms with Crippen molar-refractivity contribution in [3.8, 4) is 0 Å². The summed E-state index contributed by atoms with van der Waals surface area (Å²) in [6.07, 6.45) is -5.37. The lowest BCUT2D eigenvalue weighted by atomic mass is 9.73. The van der Waals surface area contributed by atoms with Crippen molar-refractivity contribution in [1.82, 2.24) is 10.3 Å². The van der Waals surface area contributed by atoms with E-state index in [9.17, 15) is 27.2 Å². The third kappa shape index (κ3) is 4.75. The average molecular weight is 427 g/mol. The third-order valence-corrected chi connectivity index (χ3v) is 4.48. The Balaban J connectivity index is 2.32. The lowest BCUT2D eigenvalue weighted by Crippen LogP contribution is -2.49. The monoisotopic (exact) mass is 426 g/mol. The largest absolute Gasteiger partial charge is 0.491 e. The Bertz CT molecular complexity index is 683. The van der Waals surface area contributed by atoms with Crippen molar-refractivity contribution >= 4 is 27.9 Å². The number of piperidine rings is 1. The first-order valence-corrected chi connectivity index (χ1v) is 8.20. The molecule has 2 atom stereocenters. The van der Waals surface area contributed by atoms with E-state index in [1.165, 1.54) is 6.07 Å². The minimum atomic E-state index is -5.28. The first-order valence-electron chi connectivity index (χ1n) is 7.41. The van der Waals surface area contributed by atoms with Crippen LogP contribution in [-0.2, 0) is 20.7 Å². The standard InChI is InChI=1S/C15H15BrF4N2O3/c1-8-6-14(4-5-21-8,12(23)25-13(24)15(18,19)20)7-10-9(17)2-3-11(16)22-10/h2-3,8,21H,4-7H2,1H3/t8-,14-/m1/s1. The van der Waals surface area contributed by atoms with Gasteiger partial charge in [-0.05, 0) is 54.4 Å². The topological polar surface area (TPSA) is 68.3 Å². The number of nitrogens with one attached hydrogen (secondary N) is 1. The van der Waals surface area contributed by atoms with Gasteiger partial charge in [-0.3, -0.25) is 4.79 Å². The van der Waals surface area contributed by atoms with E-state index in [4.69, 9.17) is 0 Å². The summed E-state index contributed by atoms with van der Waals surface area (Å²) in [7, 11) is 0. The second-order valence-electron chi connectivity index (χ2n) is 6.00. The van der Waals surface area contributed by atoms with Gasteiger partial charge in [-0.25, -0.2) is 14.2 Å². The fraction of sp³-hybridized carbons (Fsp3) is 0.533. The molecular formula is C15H15BrF4N2O3. The van der Waals surface area contributed by atoms with Crippen molar-refractivity contribution < 1.29 is 31.9 Å². The smallest absolute Gasteiger partial charge is 0.386 e. The molecule has 0 aliphatic carbocycles. The van der Waals surface area contributed by atoms with Gasteiger partial charge in [0.05, 0.1) is 11.1 Å². The van der Waals surface area contributed by atoms with Crippen LogP contribution in [0, 0.1) is 11.2 Å². The Morgan fingerprint density at radius 1 is 1.44 bits per heavy atom. The van der Waals surface area contributed by atoms with Gasteiger partial charge in [0, 0.05) is 12.5 Å². The van der Waals surface area contributed by atoms with Gasteiger partial charge in [-0.1, -0.05) is 0 Å². The molecular weight excluding hydrogens is 412 g/mol. The normalized spacial score (nSPS) is 24.0. The van der Waals surface area contributed by atoms with Crippen molar-refractivity contribution in [2.24, 2.45) is 5.41 Å². The Morgan fingerprint density at radius 3 is 2.72 bits per heavy atom. The second kappa shape index (κ2) is 7.36. The molecule has 0 amide bonds. The molecule has 1 aliphatic heterocycles. The van der Waals surface area contributed by atoms with E-state index in [0.29, 0.717) is 11.1 Å². The highest BCUT2D eigenvalue weighted by molar-refractivity contribution is 9.10. The first kappa shape index (κ1) is 19.8. The second-order valence-corrected chi connectivity index (χ2v) is 6.82. The Kier molecular flexibility index (Phi) is 5.82. The van der Waals surface area contributed by atoms with Crippen molar-refractivity contribution in [2.45, 2.75) is 38.4 Å². The minimum absolute atomic E-state index is 0.0834. The van der Waals surface area contributed by atoms with E-state index in [0.717, 1.165) is 6.07 Å². The van der Waals surface area contributed by atoms with Crippen LogP contribution in [0.5, 0.6) is 0 Å². The molecule has 25 heavy (non-hydrogen) atoms. The van der Waals surface area contributed by atoms with Gasteiger partial charge >= 0.3 is 18.1 Å². The summed E-state index contributed by atoms with van der Waals surface area (Å²) >= 11 is 3.08. The number of carbonyl (C=O) groups excluding carboxylic acids is 2. The van der Waals surface area contributed by atoms with Crippen LogP contribution in [0.2, 0.25) is 0 Å². The molecule has 0 radical (unpaired) electrons. The number of aromatic nitrogens is 1. The number of alkyl halides is 3. The van der Waals surface area contributed by atoms with Crippen LogP contribution >= 0.6 is 15.9 Å². The SMILES string of the molecule is C[C@@H]1C[C@](Cc2nc(Br)ccc2F)(C(=O)OC(=O)C(F)(F)F)CCN1. The van der Waals surface area contributed by atoms with E-state index in [1.54, 1.807) is 6.92 Å². The minimum Gasteiger partial charge on any atom is -0.386 e. The molecule has 0 unspecified atom stereocenters. The number of hydrogen-bond donors (Lipinski definition) is 1. The highest BCUT2D eigenvalue weighted by Gasteiger charge is 2.49. The van der Waals surface area contributed by atoms with Crippen LogP contribution in [0.3, 0.4) is 0 Å². The highest BCUT2D eigenvalue weighted by Crippen LogP contribution is 2.37. The zero-order chi connectivity index (χ0) is 18.8. The molecule has 2 heterocycles. The molecule has 1 fully saturated rings. The molecule has 0 spiro atoms. The summed E-state index contributed by atoms with van der Waals surface area (Å²) in [5.74, 6) is -4.58. The summed E-state index contributed by atoms with van der Waals surface area (Å²) in [6, 6.07) is 2.27. The fourth-order valence-corrected chi connectivity index (χ4v) is 3.24. The molecule has 1 saturated heterocycles. The lowest BCUT2D eigenvalue weighted by molar-refractivity contribution is -0.206. The van der Waals surface area contributed by atoms with Crippen LogP contribution in [-0.4, -0.2) is 35.7 Å². The molecule has 1 N–H and O–H groups in total. The zero-order valence-corrected chi connectivity index (χ0v) is 14.7. The molecule has 0 aromatic carbocycles. The van der Waals surface area contributed by atoms with Gasteiger partial charge < -0.3 is 10.1 Å². The molecule has 0 bridgehead atoms. The number of esters is 2. The van der Waals surface area contributed by atoms with Crippen molar-refractivity contribution in [3.63, 3.8) is 0 Å². The molecule has 1 aromatic rings. The van der Waals surface area contributed by atoms with E-state index in [2.05, 4.69) is 31.0 Å². The van der Waals surface area contributed by atoms with E-state index >= 15 is 0 Å². The van der Waals surface area contributed by atoms with E-state index in [-0.39, 0.29) is 31.0 Å². The third-order valence-electron chi connectivity index (χ3n) is 4.03. The summed E-state index contributed by atoms with van der Waals surface area (Å²) < 4.78 is 55.6. The van der Waals surface area contributed by atoms with Gasteiger partial charge in [-0.2, -0.15) is 13.2 Å². The Hall–Kier alpha value is -1.55. The van der Waals surface area contributed by atoms with E-state index in [1.807, 2.05) is 0 Å². The number of ether oxygens (including phenoxy) is 1. The average Bonchev–Trinajstić information content (AvgIpc) is 2.50. The molecule has 1 aliphatic rings. The maximum atomic E-state index is 14.0. The zero-order valence-electron chi connectivity index (χ0n) is 13.1. The number of carbonyl (C=O) groups is 2. The van der Waals surface area contributed by atoms with Crippen molar-refractivity contribution in [2.75, 3.05) is 6.54 Å². The number of pyridine rings is 1. The van der Waals surface area contributed by atoms with Crippen molar-refractivity contribution in [3.05, 3.63) is 28.2 Å². The Labute approximate surface area is 149 Å². The summed E-state index contributed by atoms with van der Waals surface area (Å²) in [5.41, 5.74) is -1.56. The molecule has 1 aromatic heterocycles. The number of nitrogens with zero attached hydrogens (tertiary/aromatic N) is 1. The Morgan fingerprint density at radius 2 is 2.12 bits per heavy atom. The summed E-state index contributed by atoms with van der Waals surface area (Å²) in [5, 5.41) is 3.05. The predicted octanol–water partition coefficient (Wildman–Crippen LogP) is 2.92. The summed E-state index contributed by atoms with van der Waals surface area (Å²) in [6.45, 7) is 2.05. The van der Waals surface area contributed by atoms with Gasteiger partial charge in [0.15, 0.2) is 0 Å². The molecule has 0 saturated carbocycles. The molecule has 2 rings (SSSR count). The highest BCUT2D eigenvalue weighted by atomic mass is 79.9. The van der Waals surface area contributed by atoms with Gasteiger partial charge in [0.2, 0.25) is 0 Å². The van der Waals surface area contributed by atoms with E-state index < -0.39 is 29.3 Å². The van der Waals surface area contributed by atoms with Crippen LogP contribution in [0.4, 0.5) is 17.6 Å². The number of halogens is 5. The lowest BCUT2D eigenvalue weighted by Gasteiger charge is -2.38. The van der Waals surface area contributed by atoms with Gasteiger partial charge in [0.1, 0.15) is 10.4 Å². The van der Waals surface area contributed by atoms with Gasteiger partial charge in [-0.15, -0.1) is 0 Å². The molecule has 138 valence electrons. The first-order chi connectivity index (χ1) is 11.5. The fourth-order valence-electron chi connectivity index (χ4n) is 2.89. The maximum absolute atomic E-state index is 14.0. The molecule has 10 heteroatoms. The maximum Gasteiger partial charge on any atom is 0.491 e. The number of hydrogen-bond acceptors (Lipinski definition) is 5. The van der Waals surface area contributed by atoms with Crippen LogP contribution in [0.15, 0.2) is 16.7 Å². The quantitative estimate of drug-likeness (QED) is 0.348.